The molecule has 0 spiro atoms. The Bertz CT molecular complexity index is 2650. The summed E-state index contributed by atoms with van der Waals surface area (Å²) < 4.78 is 35.5. The van der Waals surface area contributed by atoms with Crippen molar-refractivity contribution in [3.8, 4) is 67.5 Å². The zero-order valence-electron chi connectivity index (χ0n) is 44.4. The second-order valence-electron chi connectivity index (χ2n) is 21.1. The first kappa shape index (κ1) is 64.7. The van der Waals surface area contributed by atoms with Gasteiger partial charge in [0.1, 0.15) is 0 Å². The van der Waals surface area contributed by atoms with Crippen molar-refractivity contribution in [1.82, 2.24) is 19.9 Å². The number of halogens is 3. The Labute approximate surface area is 474 Å². The molecule has 13 heteroatoms. The van der Waals surface area contributed by atoms with E-state index in [1.54, 1.807) is 20.8 Å². The largest absolute Gasteiger partial charge is 0.414 e. The van der Waals surface area contributed by atoms with Gasteiger partial charge in [-0.05, 0) is 27.4 Å². The summed E-state index contributed by atoms with van der Waals surface area (Å²) in [5.41, 5.74) is 10.4. The maximum atomic E-state index is 11.8. The quantitative estimate of drug-likeness (QED) is 0.0996. The third kappa shape index (κ3) is 20.1. The summed E-state index contributed by atoms with van der Waals surface area (Å²) in [6.45, 7) is 16.7. The van der Waals surface area contributed by atoms with Crippen LogP contribution in [0.25, 0.3) is 67.5 Å². The fourth-order valence-electron chi connectivity index (χ4n) is 6.96. The molecule has 2 radical (unpaired) electrons. The van der Waals surface area contributed by atoms with Crippen LogP contribution < -0.4 is 0 Å². The van der Waals surface area contributed by atoms with Gasteiger partial charge in [0.2, 0.25) is 0 Å². The topological polar surface area (TPSA) is 132 Å². The minimum absolute atomic E-state index is 0. The molecule has 406 valence electrons. The number of alkyl halides is 3. The van der Waals surface area contributed by atoms with E-state index in [0.717, 1.165) is 67.5 Å². The minimum atomic E-state index is -4.65. The van der Waals surface area contributed by atoms with Gasteiger partial charge in [0.15, 0.2) is 6.10 Å². The predicted molar refractivity (Wildman–Crippen MR) is 292 cm³/mol. The standard InChI is InChI=1S/2C22H15N2.C11H24O2.C8H15F3O2.2Ir/c2*1-4-10-17(11-5-1)20-16-23-21(18-12-6-2-7-13-18)22(24-20)19-14-8-3-9-15-19;1-10(2,3)8(12)7-9(13)11(4,5)6;1-7(2,3)5(12)4-6(13)8(9,10)11;;/h2*1-12,14-16H;8-9,12-13H,7H2,1-6H3;5-6,12-13H,4H2,1-3H3;;/q2*-1;;;;. The molecule has 0 aliphatic heterocycles. The molecule has 0 amide bonds. The van der Waals surface area contributed by atoms with E-state index in [1.165, 1.54) is 0 Å². The second-order valence-corrected chi connectivity index (χ2v) is 21.1. The van der Waals surface area contributed by atoms with Crippen LogP contribution in [0.3, 0.4) is 0 Å². The van der Waals surface area contributed by atoms with Crippen LogP contribution in [0, 0.1) is 28.4 Å². The van der Waals surface area contributed by atoms with Crippen molar-refractivity contribution >= 4 is 0 Å². The Morgan fingerprint density at radius 3 is 0.921 bits per heavy atom. The van der Waals surface area contributed by atoms with E-state index >= 15 is 0 Å². The van der Waals surface area contributed by atoms with Crippen molar-refractivity contribution in [3.63, 3.8) is 0 Å². The summed E-state index contributed by atoms with van der Waals surface area (Å²) >= 11 is 0. The normalized spacial score (nSPS) is 12.9. The van der Waals surface area contributed by atoms with Gasteiger partial charge in [-0.3, -0.25) is 9.97 Å². The van der Waals surface area contributed by atoms with Gasteiger partial charge in [-0.15, -0.1) is 71.8 Å². The molecule has 0 saturated carbocycles. The summed E-state index contributed by atoms with van der Waals surface area (Å²) in [6, 6.07) is 62.8. The van der Waals surface area contributed by atoms with Crippen molar-refractivity contribution in [2.24, 2.45) is 16.2 Å². The van der Waals surface area contributed by atoms with Crippen molar-refractivity contribution in [1.29, 1.82) is 0 Å². The third-order valence-electron chi connectivity index (χ3n) is 12.0. The summed E-state index contributed by atoms with van der Waals surface area (Å²) in [5, 5.41) is 37.4. The summed E-state index contributed by atoms with van der Waals surface area (Å²) in [6.07, 6.45) is -5.70. The molecule has 4 unspecified atom stereocenters. The fraction of sp³-hybridized carbons (Fsp3) is 0.302. The molecular weight excluding hydrogens is 1320 g/mol. The molecule has 76 heavy (non-hydrogen) atoms. The summed E-state index contributed by atoms with van der Waals surface area (Å²) in [5.74, 6) is 0. The van der Waals surface area contributed by atoms with Crippen molar-refractivity contribution in [3.05, 3.63) is 194 Å². The number of aliphatic hydroxyl groups is 4. The summed E-state index contributed by atoms with van der Waals surface area (Å²) in [7, 11) is 0. The Balaban J connectivity index is 0.000000277. The molecule has 4 N–H and O–H groups in total. The number of aromatic nitrogens is 4. The van der Waals surface area contributed by atoms with E-state index in [9.17, 15) is 28.5 Å². The van der Waals surface area contributed by atoms with Crippen molar-refractivity contribution < 1.29 is 73.8 Å². The number of aliphatic hydroxyl groups excluding tert-OH is 4. The van der Waals surface area contributed by atoms with Gasteiger partial charge < -0.3 is 30.4 Å². The van der Waals surface area contributed by atoms with E-state index < -0.39 is 42.4 Å². The smallest absolute Gasteiger partial charge is 0.392 e. The molecule has 8 aromatic rings. The van der Waals surface area contributed by atoms with Crippen LogP contribution in [0.5, 0.6) is 0 Å². The maximum absolute atomic E-state index is 11.8. The Morgan fingerprint density at radius 2 is 0.658 bits per heavy atom. The van der Waals surface area contributed by atoms with Crippen LogP contribution in [0.1, 0.15) is 75.2 Å². The first-order chi connectivity index (χ1) is 34.9. The number of nitrogens with zero attached hydrogens (tertiary/aromatic N) is 4. The number of benzene rings is 6. The Morgan fingerprint density at radius 1 is 0.382 bits per heavy atom. The van der Waals surface area contributed by atoms with Gasteiger partial charge in [-0.25, -0.2) is 0 Å². The van der Waals surface area contributed by atoms with Crippen molar-refractivity contribution in [2.45, 2.75) is 106 Å². The van der Waals surface area contributed by atoms with Crippen LogP contribution in [-0.2, 0) is 40.2 Å². The molecule has 0 saturated heterocycles. The van der Waals surface area contributed by atoms with Gasteiger partial charge in [0, 0.05) is 88.0 Å². The van der Waals surface area contributed by atoms with E-state index in [0.29, 0.717) is 6.42 Å². The van der Waals surface area contributed by atoms with E-state index in [2.05, 4.69) is 36.4 Å². The zero-order valence-corrected chi connectivity index (χ0v) is 49.2. The maximum Gasteiger partial charge on any atom is 0.414 e. The first-order valence-electron chi connectivity index (χ1n) is 24.6. The Kier molecular flexibility index (Phi) is 25.4. The molecule has 0 aliphatic rings. The van der Waals surface area contributed by atoms with Gasteiger partial charge in [0.05, 0.1) is 41.1 Å². The van der Waals surface area contributed by atoms with E-state index in [4.69, 9.17) is 25.0 Å². The fourth-order valence-corrected chi connectivity index (χ4v) is 6.96. The Hall–Kier alpha value is -5.59. The van der Waals surface area contributed by atoms with Crippen LogP contribution in [-0.4, -0.2) is 71.0 Å². The van der Waals surface area contributed by atoms with Gasteiger partial charge >= 0.3 is 6.18 Å². The number of hydrogen-bond donors (Lipinski definition) is 4. The zero-order chi connectivity index (χ0) is 54.1. The van der Waals surface area contributed by atoms with Gasteiger partial charge in [0.25, 0.3) is 0 Å². The van der Waals surface area contributed by atoms with Gasteiger partial charge in [-0.2, -0.15) is 13.2 Å². The first-order valence-corrected chi connectivity index (χ1v) is 24.6. The summed E-state index contributed by atoms with van der Waals surface area (Å²) in [4.78, 5) is 19.2. The molecule has 0 aliphatic carbocycles. The van der Waals surface area contributed by atoms with Crippen LogP contribution in [0.4, 0.5) is 13.2 Å². The van der Waals surface area contributed by atoms with Crippen molar-refractivity contribution in [2.75, 3.05) is 0 Å². The molecule has 8 rings (SSSR count). The monoisotopic (exact) mass is 1390 g/mol. The third-order valence-corrected chi connectivity index (χ3v) is 12.0. The number of rotatable bonds is 10. The van der Waals surface area contributed by atoms with Crippen LogP contribution in [0.15, 0.2) is 182 Å². The molecular formula is C63H69F3Ir2N4O4-2. The average molecular weight is 1390 g/mol. The molecule has 6 aromatic carbocycles. The SMILES string of the molecule is CC(C)(C)C(O)CC(O)C(C)(C)C.CC(C)(C)C(O)CC(O)C(F)(F)F.[Ir].[Ir].[c-]1ccccc1-c1ncc(-c2ccccc2)nc1-c1ccccc1.[c-]1ccccc1-c1ncc(-c2ccccc2)nc1-c1ccccc1. The molecule has 0 bridgehead atoms. The van der Waals surface area contributed by atoms with Gasteiger partial charge in [-0.1, -0.05) is 184 Å². The van der Waals surface area contributed by atoms with Crippen LogP contribution in [0.2, 0.25) is 0 Å². The molecule has 2 heterocycles. The molecule has 8 nitrogen and oxygen atoms in total. The molecule has 0 fully saturated rings. The average Bonchev–Trinajstić information content (AvgIpc) is 3.39. The number of hydrogen-bond acceptors (Lipinski definition) is 8. The van der Waals surface area contributed by atoms with E-state index in [-0.39, 0.29) is 51.0 Å². The molecule has 2 aromatic heterocycles. The molecule has 4 atom stereocenters. The van der Waals surface area contributed by atoms with Crippen LogP contribution >= 0.6 is 0 Å². The second kappa shape index (κ2) is 29.8. The van der Waals surface area contributed by atoms with E-state index in [1.807, 2.05) is 200 Å². The minimum Gasteiger partial charge on any atom is -0.392 e. The predicted octanol–water partition coefficient (Wildman–Crippen LogP) is 14.4.